The summed E-state index contributed by atoms with van der Waals surface area (Å²) in [5.41, 5.74) is 6.20. The highest BCUT2D eigenvalue weighted by atomic mass is 35.5. The Hall–Kier alpha value is -1.06. The van der Waals surface area contributed by atoms with Crippen molar-refractivity contribution in [1.29, 1.82) is 0 Å². The summed E-state index contributed by atoms with van der Waals surface area (Å²) in [7, 11) is 0. The Bertz CT molecular complexity index is 310. The largest absolute Gasteiger partial charge is 0.348 e. The number of carbonyl (C=O) groups excluding carboxylic acids is 1. The van der Waals surface area contributed by atoms with Crippen LogP contribution in [0.15, 0.2) is 24.3 Å². The first kappa shape index (κ1) is 11.0. The van der Waals surface area contributed by atoms with Gasteiger partial charge < -0.3 is 11.1 Å². The van der Waals surface area contributed by atoms with E-state index >= 15 is 0 Å². The molecular weight excluding hydrogens is 200 g/mol. The number of halogens is 1. The zero-order chi connectivity index (χ0) is 10.6. The molecule has 0 spiro atoms. The molecule has 4 heteroatoms. The maximum Gasteiger partial charge on any atom is 0.234 e. The van der Waals surface area contributed by atoms with Gasteiger partial charge in [-0.2, -0.15) is 0 Å². The molecule has 0 saturated carbocycles. The topological polar surface area (TPSA) is 55.1 Å². The Morgan fingerprint density at radius 3 is 2.57 bits per heavy atom. The van der Waals surface area contributed by atoms with Gasteiger partial charge in [0.15, 0.2) is 0 Å². The van der Waals surface area contributed by atoms with E-state index in [4.69, 9.17) is 17.3 Å². The molecule has 0 aliphatic carbocycles. The van der Waals surface area contributed by atoms with Crippen LogP contribution in [0.3, 0.4) is 0 Å². The molecule has 76 valence electrons. The summed E-state index contributed by atoms with van der Waals surface area (Å²) in [5.74, 6) is -0.160. The van der Waals surface area contributed by atoms with Crippen LogP contribution in [-0.4, -0.2) is 12.5 Å². The minimum absolute atomic E-state index is 0.0118. The normalized spacial score (nSPS) is 12.2. The molecule has 1 aromatic carbocycles. The molecule has 0 aromatic heterocycles. The zero-order valence-corrected chi connectivity index (χ0v) is 8.71. The summed E-state index contributed by atoms with van der Waals surface area (Å²) < 4.78 is 0. The molecule has 0 heterocycles. The summed E-state index contributed by atoms with van der Waals surface area (Å²) in [6, 6.07) is 7.31. The van der Waals surface area contributed by atoms with E-state index in [-0.39, 0.29) is 18.5 Å². The molecule has 1 aromatic rings. The maximum absolute atomic E-state index is 11.0. The number of nitrogens with two attached hydrogens (primary N) is 1. The average molecular weight is 213 g/mol. The summed E-state index contributed by atoms with van der Waals surface area (Å²) in [6.45, 7) is 1.91. The number of rotatable bonds is 3. The van der Waals surface area contributed by atoms with Crippen molar-refractivity contribution in [3.05, 3.63) is 34.9 Å². The Morgan fingerprint density at radius 1 is 1.50 bits per heavy atom. The van der Waals surface area contributed by atoms with E-state index in [1.807, 2.05) is 19.1 Å². The number of nitrogens with one attached hydrogen (secondary N) is 1. The van der Waals surface area contributed by atoms with Gasteiger partial charge in [0, 0.05) is 5.02 Å². The Morgan fingerprint density at radius 2 is 2.07 bits per heavy atom. The lowest BCUT2D eigenvalue weighted by atomic mass is 10.1. The lowest BCUT2D eigenvalue weighted by Gasteiger charge is -2.13. The third kappa shape index (κ3) is 3.01. The molecule has 14 heavy (non-hydrogen) atoms. The zero-order valence-electron chi connectivity index (χ0n) is 7.96. The molecule has 3 N–H and O–H groups in total. The number of carbonyl (C=O) groups is 1. The average Bonchev–Trinajstić information content (AvgIpc) is 2.18. The van der Waals surface area contributed by atoms with Gasteiger partial charge >= 0.3 is 0 Å². The van der Waals surface area contributed by atoms with Crippen molar-refractivity contribution in [3.63, 3.8) is 0 Å². The van der Waals surface area contributed by atoms with Crippen LogP contribution in [0, 0.1) is 0 Å². The van der Waals surface area contributed by atoms with Gasteiger partial charge in [-0.05, 0) is 24.6 Å². The fraction of sp³-hybridized carbons (Fsp3) is 0.300. The van der Waals surface area contributed by atoms with Crippen molar-refractivity contribution >= 4 is 17.5 Å². The SMILES string of the molecule is C[C@H](NC(=O)CN)c1ccc(Cl)cc1. The number of benzene rings is 1. The molecule has 0 bridgehead atoms. The smallest absolute Gasteiger partial charge is 0.234 e. The van der Waals surface area contributed by atoms with Crippen LogP contribution in [0.5, 0.6) is 0 Å². The predicted octanol–water partition coefficient (Wildman–Crippen LogP) is 1.48. The van der Waals surface area contributed by atoms with E-state index in [0.29, 0.717) is 5.02 Å². The second-order valence-corrected chi connectivity index (χ2v) is 3.48. The Labute approximate surface area is 88.2 Å². The van der Waals surface area contributed by atoms with Gasteiger partial charge in [0.05, 0.1) is 12.6 Å². The molecule has 0 saturated heterocycles. The molecule has 0 aliphatic rings. The minimum atomic E-state index is -0.160. The van der Waals surface area contributed by atoms with Gasteiger partial charge in [0.1, 0.15) is 0 Å². The van der Waals surface area contributed by atoms with Crippen LogP contribution < -0.4 is 11.1 Å². The molecule has 0 aliphatic heterocycles. The van der Waals surface area contributed by atoms with Gasteiger partial charge in [0.25, 0.3) is 0 Å². The monoisotopic (exact) mass is 212 g/mol. The summed E-state index contributed by atoms with van der Waals surface area (Å²) >= 11 is 5.74. The van der Waals surface area contributed by atoms with E-state index in [1.54, 1.807) is 12.1 Å². The Balaban J connectivity index is 2.65. The molecule has 3 nitrogen and oxygen atoms in total. The molecule has 0 fully saturated rings. The van der Waals surface area contributed by atoms with Gasteiger partial charge in [-0.25, -0.2) is 0 Å². The van der Waals surface area contributed by atoms with Crippen molar-refractivity contribution in [2.75, 3.05) is 6.54 Å². The van der Waals surface area contributed by atoms with Gasteiger partial charge in [-0.1, -0.05) is 23.7 Å². The molecule has 1 rings (SSSR count). The molecule has 1 atom stereocenters. The van der Waals surface area contributed by atoms with Crippen LogP contribution in [-0.2, 0) is 4.79 Å². The first-order chi connectivity index (χ1) is 6.63. The van der Waals surface area contributed by atoms with E-state index < -0.39 is 0 Å². The highest BCUT2D eigenvalue weighted by molar-refractivity contribution is 6.30. The fourth-order valence-corrected chi connectivity index (χ4v) is 1.26. The summed E-state index contributed by atoms with van der Waals surface area (Å²) in [5, 5.41) is 3.44. The van der Waals surface area contributed by atoms with Gasteiger partial charge in [0.2, 0.25) is 5.91 Å². The van der Waals surface area contributed by atoms with Crippen molar-refractivity contribution < 1.29 is 4.79 Å². The Kier molecular flexibility index (Phi) is 3.92. The number of hydrogen-bond acceptors (Lipinski definition) is 2. The van der Waals surface area contributed by atoms with Gasteiger partial charge in [-0.15, -0.1) is 0 Å². The van der Waals surface area contributed by atoms with Crippen LogP contribution in [0.25, 0.3) is 0 Å². The maximum atomic E-state index is 11.0. The summed E-state index contributed by atoms with van der Waals surface area (Å²) in [4.78, 5) is 11.0. The van der Waals surface area contributed by atoms with Crippen molar-refractivity contribution in [2.24, 2.45) is 5.73 Å². The second kappa shape index (κ2) is 4.98. The standard InChI is InChI=1S/C10H13ClN2O/c1-7(13-10(14)6-12)8-2-4-9(11)5-3-8/h2-5,7H,6,12H2,1H3,(H,13,14)/t7-/m0/s1. The predicted molar refractivity (Wildman–Crippen MR) is 57.1 cm³/mol. The first-order valence-corrected chi connectivity index (χ1v) is 4.76. The minimum Gasteiger partial charge on any atom is -0.348 e. The molecule has 0 unspecified atom stereocenters. The van der Waals surface area contributed by atoms with Crippen LogP contribution in [0.4, 0.5) is 0 Å². The van der Waals surface area contributed by atoms with E-state index in [1.165, 1.54) is 0 Å². The van der Waals surface area contributed by atoms with E-state index in [0.717, 1.165) is 5.56 Å². The quantitative estimate of drug-likeness (QED) is 0.798. The lowest BCUT2D eigenvalue weighted by Crippen LogP contribution is -2.32. The lowest BCUT2D eigenvalue weighted by molar-refractivity contribution is -0.120. The van der Waals surface area contributed by atoms with Crippen molar-refractivity contribution in [1.82, 2.24) is 5.32 Å². The third-order valence-corrected chi connectivity index (χ3v) is 2.18. The number of hydrogen-bond donors (Lipinski definition) is 2. The highest BCUT2D eigenvalue weighted by Gasteiger charge is 2.07. The van der Waals surface area contributed by atoms with Gasteiger partial charge in [-0.3, -0.25) is 4.79 Å². The van der Waals surface area contributed by atoms with Crippen LogP contribution >= 0.6 is 11.6 Å². The fourth-order valence-electron chi connectivity index (χ4n) is 1.14. The van der Waals surface area contributed by atoms with Crippen molar-refractivity contribution in [3.8, 4) is 0 Å². The van der Waals surface area contributed by atoms with Crippen LogP contribution in [0.1, 0.15) is 18.5 Å². The highest BCUT2D eigenvalue weighted by Crippen LogP contribution is 2.15. The molecule has 0 radical (unpaired) electrons. The van der Waals surface area contributed by atoms with Crippen LogP contribution in [0.2, 0.25) is 5.02 Å². The van der Waals surface area contributed by atoms with E-state index in [9.17, 15) is 4.79 Å². The molecular formula is C10H13ClN2O. The summed E-state index contributed by atoms with van der Waals surface area (Å²) in [6.07, 6.45) is 0. The second-order valence-electron chi connectivity index (χ2n) is 3.04. The van der Waals surface area contributed by atoms with Crippen molar-refractivity contribution in [2.45, 2.75) is 13.0 Å². The van der Waals surface area contributed by atoms with E-state index in [2.05, 4.69) is 5.32 Å². The number of amides is 1. The molecule has 1 amide bonds. The first-order valence-electron chi connectivity index (χ1n) is 4.38. The third-order valence-electron chi connectivity index (χ3n) is 1.93.